The Bertz CT molecular complexity index is 2120. The quantitative estimate of drug-likeness (QED) is 0.106. The molecule has 0 spiro atoms. The van der Waals surface area contributed by atoms with Crippen LogP contribution in [-0.4, -0.2) is 30.3 Å². The maximum atomic E-state index is 12.7. The number of carbonyl (C=O) groups is 2. The van der Waals surface area contributed by atoms with E-state index in [2.05, 4.69) is 24.3 Å². The summed E-state index contributed by atoms with van der Waals surface area (Å²) in [6, 6.07) is 18.8. The van der Waals surface area contributed by atoms with E-state index in [-0.39, 0.29) is 16.4 Å². The zero-order chi connectivity index (χ0) is 34.9. The first-order valence-corrected chi connectivity index (χ1v) is 17.1. The van der Waals surface area contributed by atoms with E-state index in [1.165, 1.54) is 12.2 Å². The lowest BCUT2D eigenvalue weighted by molar-refractivity contribution is 0.0695. The predicted molar refractivity (Wildman–Crippen MR) is 191 cm³/mol. The van der Waals surface area contributed by atoms with Crippen molar-refractivity contribution in [2.75, 3.05) is 0 Å². The molecule has 2 N–H and O–H groups in total. The number of allylic oxidation sites excluding steroid dienone is 3. The first-order valence-electron chi connectivity index (χ1n) is 15.7. The molecule has 7 heteroatoms. The summed E-state index contributed by atoms with van der Waals surface area (Å²) in [6.45, 7) is 12.2. The number of carboxylic acid groups (broad SMARTS) is 1. The second-order valence-electron chi connectivity index (χ2n) is 12.7. The Morgan fingerprint density at radius 3 is 1.73 bits per heavy atom. The highest BCUT2D eigenvalue weighted by atomic mass is 32.2. The van der Waals surface area contributed by atoms with Crippen molar-refractivity contribution in [1.29, 1.82) is 0 Å². The zero-order valence-corrected chi connectivity index (χ0v) is 28.8. The Labute approximate surface area is 282 Å². The third-order valence-electron chi connectivity index (χ3n) is 9.04. The number of aromatic carboxylic acids is 1. The van der Waals surface area contributed by atoms with E-state index in [9.17, 15) is 27.7 Å². The highest BCUT2D eigenvalue weighted by Crippen LogP contribution is 2.38. The molecule has 0 atom stereocenters. The van der Waals surface area contributed by atoms with Gasteiger partial charge in [-0.1, -0.05) is 47.5 Å². The summed E-state index contributed by atoms with van der Waals surface area (Å²) in [7, 11) is -4.67. The van der Waals surface area contributed by atoms with E-state index in [0.29, 0.717) is 40.7 Å². The number of hydrogen-bond donors (Lipinski definition) is 2. The molecule has 0 heterocycles. The molecule has 244 valence electrons. The van der Waals surface area contributed by atoms with E-state index >= 15 is 0 Å². The lowest BCUT2D eigenvalue weighted by atomic mass is 9.85. The van der Waals surface area contributed by atoms with Crippen molar-refractivity contribution in [3.63, 3.8) is 0 Å². The fourth-order valence-electron chi connectivity index (χ4n) is 6.84. The van der Waals surface area contributed by atoms with Crippen LogP contribution in [0.5, 0.6) is 0 Å². The summed E-state index contributed by atoms with van der Waals surface area (Å²) in [4.78, 5) is 25.2. The van der Waals surface area contributed by atoms with Crippen LogP contribution < -0.4 is 0 Å². The zero-order valence-electron chi connectivity index (χ0n) is 28.0. The molecule has 0 radical (unpaired) electrons. The molecule has 0 aliphatic heterocycles. The van der Waals surface area contributed by atoms with Gasteiger partial charge < -0.3 is 5.11 Å². The number of aryl methyl sites for hydroxylation is 6. The second-order valence-corrected chi connectivity index (χ2v) is 14.1. The minimum atomic E-state index is -4.67. The Hall–Kier alpha value is -4.98. The van der Waals surface area contributed by atoms with E-state index in [1.54, 1.807) is 36.4 Å². The average molecular weight is 660 g/mol. The Balaban J connectivity index is 1.70. The van der Waals surface area contributed by atoms with Crippen molar-refractivity contribution in [2.24, 2.45) is 0 Å². The van der Waals surface area contributed by atoms with Gasteiger partial charge in [0.15, 0.2) is 5.25 Å². The van der Waals surface area contributed by atoms with E-state index < -0.39 is 16.1 Å². The van der Waals surface area contributed by atoms with Crippen LogP contribution in [0.15, 0.2) is 90.5 Å². The van der Waals surface area contributed by atoms with Gasteiger partial charge >= 0.3 is 16.1 Å². The Kier molecular flexibility index (Phi) is 9.76. The van der Waals surface area contributed by atoms with Crippen molar-refractivity contribution in [2.45, 2.75) is 54.4 Å². The molecule has 0 amide bonds. The highest BCUT2D eigenvalue weighted by molar-refractivity contribution is 7.89. The molecule has 5 rings (SSSR count). The largest absolute Gasteiger partial charge is 0.478 e. The van der Waals surface area contributed by atoms with Gasteiger partial charge in [0, 0.05) is 41.0 Å². The number of hydrogen-bond acceptors (Lipinski definition) is 4. The number of carbonyl (C=O) groups excluding carboxylic acids is 1. The standard InChI is InChI=1S/C41H38O6S/c1-24-15-26(3)36(27(4)16-24)20-30-11-13-32(19-34(30)23-42)40(35-9-7-8-10-39(35)48(45,46)47)33-14-12-31(38(22-33)41(43)44)21-37-28(5)17-25(2)18-29(37)6/h7-19,22-23H,20-21H2,1-6H3,(H-,43,44,45,46,47)/p+1. The fourth-order valence-corrected chi connectivity index (χ4v) is 7.54. The Morgan fingerprint density at radius 2 is 1.23 bits per heavy atom. The Morgan fingerprint density at radius 1 is 0.729 bits per heavy atom. The molecule has 0 saturated heterocycles. The third kappa shape index (κ3) is 7.13. The minimum absolute atomic E-state index is 0.0752. The summed E-state index contributed by atoms with van der Waals surface area (Å²) in [5, 5.41) is 10.1. The van der Waals surface area contributed by atoms with Crippen molar-refractivity contribution < 1.29 is 27.7 Å². The lowest BCUT2D eigenvalue weighted by Crippen LogP contribution is -2.15. The molecular weight excluding hydrogens is 621 g/mol. The molecule has 0 saturated carbocycles. The van der Waals surface area contributed by atoms with Gasteiger partial charge in [0.1, 0.15) is 11.9 Å². The van der Waals surface area contributed by atoms with Crippen LogP contribution in [0.1, 0.15) is 87.5 Å². The van der Waals surface area contributed by atoms with Crippen LogP contribution in [-0.2, 0) is 23.0 Å². The van der Waals surface area contributed by atoms with E-state index in [1.807, 2.05) is 53.7 Å². The molecule has 0 unspecified atom stereocenters. The van der Waals surface area contributed by atoms with Gasteiger partial charge in [0.05, 0.1) is 11.1 Å². The van der Waals surface area contributed by atoms with E-state index in [4.69, 9.17) is 0 Å². The van der Waals surface area contributed by atoms with Gasteiger partial charge in [-0.15, -0.1) is 0 Å². The molecule has 4 aromatic carbocycles. The van der Waals surface area contributed by atoms with Crippen LogP contribution in [0.2, 0.25) is 0 Å². The van der Waals surface area contributed by atoms with Crippen LogP contribution in [0.25, 0.3) is 5.57 Å². The van der Waals surface area contributed by atoms with Gasteiger partial charge in [-0.3, -0.25) is 9.35 Å². The summed E-state index contributed by atoms with van der Waals surface area (Å²) < 4.78 is 35.4. The maximum Gasteiger partial charge on any atom is 0.336 e. The van der Waals surface area contributed by atoms with Gasteiger partial charge in [-0.05, 0) is 123 Å². The van der Waals surface area contributed by atoms with Crippen LogP contribution in [0.3, 0.4) is 0 Å². The molecule has 1 aliphatic carbocycles. The van der Waals surface area contributed by atoms with Gasteiger partial charge in [-0.2, -0.15) is 8.42 Å². The average Bonchev–Trinajstić information content (AvgIpc) is 3.01. The predicted octanol–water partition coefficient (Wildman–Crippen LogP) is 8.58. The molecule has 0 bridgehead atoms. The monoisotopic (exact) mass is 659 g/mol. The topological polar surface area (TPSA) is 109 Å². The van der Waals surface area contributed by atoms with Gasteiger partial charge in [0.2, 0.25) is 0 Å². The molecule has 0 aromatic heterocycles. The fraction of sp³-hybridized carbons (Fsp3) is 0.195. The normalized spacial score (nSPS) is 13.9. The molecule has 48 heavy (non-hydrogen) atoms. The number of benzene rings is 4. The van der Waals surface area contributed by atoms with Gasteiger partial charge in [-0.25, -0.2) is 4.79 Å². The third-order valence-corrected chi connectivity index (χ3v) is 9.95. The summed E-state index contributed by atoms with van der Waals surface area (Å²) in [5.41, 5.74) is 12.2. The van der Waals surface area contributed by atoms with Crippen molar-refractivity contribution in [3.8, 4) is 0 Å². The molecular formula is C41H39O6S+. The number of carboxylic acids is 1. The van der Waals surface area contributed by atoms with Crippen LogP contribution >= 0.6 is 0 Å². The summed E-state index contributed by atoms with van der Waals surface area (Å²) in [5.74, 6) is -1.12. The molecule has 0 fully saturated rings. The summed E-state index contributed by atoms with van der Waals surface area (Å²) in [6.07, 6.45) is 7.74. The SMILES string of the molecule is Cc1cc(C)c(Cc2ccc(C(=C3C=CC=C[C+]3S(=O)(=O)O)c3ccc(Cc4c(C)cc(C)cc4C)c(C(=O)O)c3)cc2C=O)c(C)c1. The maximum absolute atomic E-state index is 12.7. The smallest absolute Gasteiger partial charge is 0.336 e. The summed E-state index contributed by atoms with van der Waals surface area (Å²) >= 11 is 0. The van der Waals surface area contributed by atoms with Gasteiger partial charge in [0.25, 0.3) is 0 Å². The van der Waals surface area contributed by atoms with Crippen molar-refractivity contribution in [1.82, 2.24) is 0 Å². The molecule has 1 aliphatic rings. The first-order chi connectivity index (χ1) is 22.7. The first kappa shape index (κ1) is 34.4. The molecule has 4 aromatic rings. The number of aldehydes is 1. The lowest BCUT2D eigenvalue weighted by Gasteiger charge is -2.17. The van der Waals surface area contributed by atoms with Crippen LogP contribution in [0, 0.1) is 46.8 Å². The van der Waals surface area contributed by atoms with E-state index in [0.717, 1.165) is 56.4 Å². The minimum Gasteiger partial charge on any atom is -0.478 e. The molecule has 6 nitrogen and oxygen atoms in total. The number of rotatable bonds is 9. The second kappa shape index (κ2) is 13.6. The van der Waals surface area contributed by atoms with Crippen molar-refractivity contribution >= 4 is 27.9 Å². The van der Waals surface area contributed by atoms with Crippen LogP contribution in [0.4, 0.5) is 0 Å². The highest BCUT2D eigenvalue weighted by Gasteiger charge is 2.36. The van der Waals surface area contributed by atoms with Crippen molar-refractivity contribution in [3.05, 3.63) is 174 Å².